The van der Waals surface area contributed by atoms with Crippen LogP contribution in [0.15, 0.2) is 5.51 Å². The van der Waals surface area contributed by atoms with Gasteiger partial charge in [0.2, 0.25) is 0 Å². The van der Waals surface area contributed by atoms with Crippen molar-refractivity contribution in [1.29, 1.82) is 0 Å². The topological polar surface area (TPSA) is 90.7 Å². The standard InChI is InChI=1S/C14H20N2O4S/c1-3-5-14(13(19)20)7-16(6-4-10(14)17)12(18)11-9(2)15-8-21-11/h8,10,17H,3-7H2,1-2H3,(H,19,20)/t10-,14+/m0/s1. The van der Waals surface area contributed by atoms with Crippen molar-refractivity contribution in [2.24, 2.45) is 5.41 Å². The molecule has 1 aromatic heterocycles. The second-order valence-corrected chi connectivity index (χ2v) is 6.36. The minimum Gasteiger partial charge on any atom is -0.481 e. The Morgan fingerprint density at radius 2 is 2.29 bits per heavy atom. The number of rotatable bonds is 4. The van der Waals surface area contributed by atoms with Gasteiger partial charge in [0.1, 0.15) is 10.3 Å². The Balaban J connectivity index is 2.26. The van der Waals surface area contributed by atoms with E-state index in [1.807, 2.05) is 6.92 Å². The third-order valence-electron chi connectivity index (χ3n) is 4.13. The first-order valence-electron chi connectivity index (χ1n) is 7.03. The zero-order valence-electron chi connectivity index (χ0n) is 12.2. The van der Waals surface area contributed by atoms with Gasteiger partial charge in [0.25, 0.3) is 5.91 Å². The number of hydrogen-bond donors (Lipinski definition) is 2. The van der Waals surface area contributed by atoms with Gasteiger partial charge in [0.05, 0.1) is 17.3 Å². The first-order valence-corrected chi connectivity index (χ1v) is 7.91. The number of aliphatic hydroxyl groups is 1. The molecule has 7 heteroatoms. The Morgan fingerprint density at radius 3 is 2.81 bits per heavy atom. The van der Waals surface area contributed by atoms with Crippen molar-refractivity contribution in [2.45, 2.75) is 39.2 Å². The lowest BCUT2D eigenvalue weighted by atomic mass is 9.74. The third-order valence-corrected chi connectivity index (χ3v) is 5.05. The smallest absolute Gasteiger partial charge is 0.314 e. The highest BCUT2D eigenvalue weighted by Gasteiger charge is 2.49. The number of carbonyl (C=O) groups is 2. The van der Waals surface area contributed by atoms with Gasteiger partial charge >= 0.3 is 5.97 Å². The SMILES string of the molecule is CCC[C@@]1(C(=O)O)CN(C(=O)c2scnc2C)CC[C@@H]1O. The van der Waals surface area contributed by atoms with Crippen molar-refractivity contribution in [3.05, 3.63) is 16.1 Å². The molecule has 0 spiro atoms. The molecule has 1 aromatic rings. The highest BCUT2D eigenvalue weighted by Crippen LogP contribution is 2.36. The number of likely N-dealkylation sites (tertiary alicyclic amines) is 1. The van der Waals surface area contributed by atoms with Gasteiger partial charge in [-0.2, -0.15) is 0 Å². The van der Waals surface area contributed by atoms with E-state index in [1.165, 1.54) is 16.2 Å². The summed E-state index contributed by atoms with van der Waals surface area (Å²) in [6, 6.07) is 0. The molecule has 2 atom stereocenters. The fourth-order valence-electron chi connectivity index (χ4n) is 2.91. The fourth-order valence-corrected chi connectivity index (χ4v) is 3.68. The summed E-state index contributed by atoms with van der Waals surface area (Å²) in [6.45, 7) is 4.06. The number of thiazole rings is 1. The number of carboxylic acid groups (broad SMARTS) is 1. The number of aromatic nitrogens is 1. The van der Waals surface area contributed by atoms with Gasteiger partial charge in [0.15, 0.2) is 0 Å². The molecule has 0 aliphatic carbocycles. The van der Waals surface area contributed by atoms with E-state index in [9.17, 15) is 19.8 Å². The molecule has 0 aromatic carbocycles. The predicted molar refractivity (Wildman–Crippen MR) is 78.4 cm³/mol. The number of carboxylic acids is 1. The van der Waals surface area contributed by atoms with Gasteiger partial charge in [-0.1, -0.05) is 13.3 Å². The molecule has 0 bridgehead atoms. The number of aryl methyl sites for hydroxylation is 1. The van der Waals surface area contributed by atoms with Gasteiger partial charge in [-0.15, -0.1) is 11.3 Å². The number of aliphatic hydroxyl groups excluding tert-OH is 1. The van der Waals surface area contributed by atoms with E-state index < -0.39 is 17.5 Å². The van der Waals surface area contributed by atoms with Crippen molar-refractivity contribution in [1.82, 2.24) is 9.88 Å². The Morgan fingerprint density at radius 1 is 1.57 bits per heavy atom. The molecule has 0 saturated carbocycles. The maximum atomic E-state index is 12.5. The minimum absolute atomic E-state index is 0.0491. The van der Waals surface area contributed by atoms with Crippen LogP contribution < -0.4 is 0 Å². The molecule has 0 radical (unpaired) electrons. The molecule has 2 rings (SSSR count). The van der Waals surface area contributed by atoms with Gasteiger partial charge < -0.3 is 15.1 Å². The molecular formula is C14H20N2O4S. The maximum Gasteiger partial charge on any atom is 0.314 e. The monoisotopic (exact) mass is 312 g/mol. The zero-order chi connectivity index (χ0) is 15.6. The summed E-state index contributed by atoms with van der Waals surface area (Å²) in [5, 5.41) is 19.7. The molecule has 2 N–H and O–H groups in total. The van der Waals surface area contributed by atoms with Crippen molar-refractivity contribution in [3.63, 3.8) is 0 Å². The molecular weight excluding hydrogens is 292 g/mol. The lowest BCUT2D eigenvalue weighted by Crippen LogP contribution is -2.57. The van der Waals surface area contributed by atoms with Crippen LogP contribution in [0, 0.1) is 12.3 Å². The highest BCUT2D eigenvalue weighted by molar-refractivity contribution is 7.11. The van der Waals surface area contributed by atoms with Gasteiger partial charge in [-0.3, -0.25) is 9.59 Å². The van der Waals surface area contributed by atoms with Crippen LogP contribution in [0.25, 0.3) is 0 Å². The number of carbonyl (C=O) groups excluding carboxylic acids is 1. The van der Waals surface area contributed by atoms with Crippen molar-refractivity contribution >= 4 is 23.2 Å². The van der Waals surface area contributed by atoms with E-state index in [0.717, 1.165) is 0 Å². The van der Waals surface area contributed by atoms with E-state index in [4.69, 9.17) is 0 Å². The number of amides is 1. The summed E-state index contributed by atoms with van der Waals surface area (Å²) in [4.78, 5) is 30.4. The molecule has 1 saturated heterocycles. The summed E-state index contributed by atoms with van der Waals surface area (Å²) in [7, 11) is 0. The average molecular weight is 312 g/mol. The summed E-state index contributed by atoms with van der Waals surface area (Å²) >= 11 is 1.26. The third kappa shape index (κ3) is 2.80. The molecule has 1 amide bonds. The molecule has 1 aliphatic heterocycles. The second kappa shape index (κ2) is 6.11. The number of piperidine rings is 1. The van der Waals surface area contributed by atoms with Crippen LogP contribution in [-0.4, -0.2) is 51.2 Å². The van der Waals surface area contributed by atoms with Crippen molar-refractivity contribution in [3.8, 4) is 0 Å². The maximum absolute atomic E-state index is 12.5. The minimum atomic E-state index is -1.26. The summed E-state index contributed by atoms with van der Waals surface area (Å²) < 4.78 is 0. The molecule has 2 heterocycles. The normalized spacial score (nSPS) is 25.9. The average Bonchev–Trinajstić information content (AvgIpc) is 2.86. The van der Waals surface area contributed by atoms with E-state index in [-0.39, 0.29) is 18.9 Å². The van der Waals surface area contributed by atoms with Crippen LogP contribution in [0.5, 0.6) is 0 Å². The summed E-state index contributed by atoms with van der Waals surface area (Å²) in [5.74, 6) is -1.22. The van der Waals surface area contributed by atoms with Crippen LogP contribution in [0.3, 0.4) is 0 Å². The molecule has 21 heavy (non-hydrogen) atoms. The van der Waals surface area contributed by atoms with Crippen molar-refractivity contribution in [2.75, 3.05) is 13.1 Å². The number of nitrogens with zero attached hydrogens (tertiary/aromatic N) is 2. The predicted octanol–water partition coefficient (Wildman–Crippen LogP) is 1.53. The summed E-state index contributed by atoms with van der Waals surface area (Å²) in [6.07, 6.45) is 0.372. The Labute approximate surface area is 127 Å². The fraction of sp³-hybridized carbons (Fsp3) is 0.643. The van der Waals surface area contributed by atoms with Crippen LogP contribution in [0.1, 0.15) is 41.6 Å². The molecule has 6 nitrogen and oxygen atoms in total. The van der Waals surface area contributed by atoms with Gasteiger partial charge in [0, 0.05) is 13.1 Å². The Kier molecular flexibility index (Phi) is 4.63. The van der Waals surface area contributed by atoms with Crippen LogP contribution in [-0.2, 0) is 4.79 Å². The molecule has 1 aliphatic rings. The second-order valence-electron chi connectivity index (χ2n) is 5.51. The largest absolute Gasteiger partial charge is 0.481 e. The lowest BCUT2D eigenvalue weighted by molar-refractivity contribution is -0.162. The van der Waals surface area contributed by atoms with E-state index in [2.05, 4.69) is 4.98 Å². The van der Waals surface area contributed by atoms with E-state index >= 15 is 0 Å². The van der Waals surface area contributed by atoms with Gasteiger partial charge in [-0.25, -0.2) is 4.98 Å². The first-order chi connectivity index (χ1) is 9.92. The Bertz CT molecular complexity index is 545. The lowest BCUT2D eigenvalue weighted by Gasteiger charge is -2.43. The van der Waals surface area contributed by atoms with Gasteiger partial charge in [-0.05, 0) is 19.8 Å². The highest BCUT2D eigenvalue weighted by atomic mass is 32.1. The van der Waals surface area contributed by atoms with Crippen LogP contribution in [0.2, 0.25) is 0 Å². The molecule has 1 fully saturated rings. The van der Waals surface area contributed by atoms with Crippen LogP contribution >= 0.6 is 11.3 Å². The Hall–Kier alpha value is -1.47. The van der Waals surface area contributed by atoms with E-state index in [0.29, 0.717) is 30.0 Å². The zero-order valence-corrected chi connectivity index (χ0v) is 13.0. The van der Waals surface area contributed by atoms with Crippen molar-refractivity contribution < 1.29 is 19.8 Å². The molecule has 116 valence electrons. The van der Waals surface area contributed by atoms with E-state index in [1.54, 1.807) is 12.4 Å². The number of aliphatic carboxylic acids is 1. The van der Waals surface area contributed by atoms with Crippen LogP contribution in [0.4, 0.5) is 0 Å². The quantitative estimate of drug-likeness (QED) is 0.880. The first kappa shape index (κ1) is 15.9. The number of hydrogen-bond acceptors (Lipinski definition) is 5. The molecule has 0 unspecified atom stereocenters. The summed E-state index contributed by atoms with van der Waals surface area (Å²) in [5.41, 5.74) is 1.01.